The SMILES string of the molecule is c1ccc(-c2nc(-c3ccccc3)nc(-c3cccc4sc5cc(-c6nc(-c7ccccc7)c7ccccc7n6)ccc5c34)n2)cc1. The van der Waals surface area contributed by atoms with Crippen molar-refractivity contribution in [1.82, 2.24) is 24.9 Å². The molecule has 0 atom stereocenters. The minimum Gasteiger partial charge on any atom is -0.228 e. The third-order valence-electron chi connectivity index (χ3n) is 8.35. The maximum Gasteiger partial charge on any atom is 0.164 e. The van der Waals surface area contributed by atoms with E-state index in [1.165, 1.54) is 4.70 Å². The van der Waals surface area contributed by atoms with Crippen LogP contribution in [0.4, 0.5) is 0 Å². The fourth-order valence-corrected chi connectivity index (χ4v) is 7.27. The monoisotopic (exact) mass is 619 g/mol. The molecular weight excluding hydrogens is 595 g/mol. The number of fused-ring (bicyclic) bond motifs is 4. The van der Waals surface area contributed by atoms with Crippen molar-refractivity contribution < 1.29 is 0 Å². The van der Waals surface area contributed by atoms with Gasteiger partial charge < -0.3 is 0 Å². The Morgan fingerprint density at radius 2 is 0.957 bits per heavy atom. The van der Waals surface area contributed by atoms with E-state index in [9.17, 15) is 0 Å². The van der Waals surface area contributed by atoms with Crippen molar-refractivity contribution in [1.29, 1.82) is 0 Å². The maximum atomic E-state index is 5.11. The molecule has 0 aliphatic carbocycles. The number of aromatic nitrogens is 5. The lowest BCUT2D eigenvalue weighted by atomic mass is 10.0. The third kappa shape index (κ3) is 4.92. The van der Waals surface area contributed by atoms with E-state index < -0.39 is 0 Å². The molecule has 3 heterocycles. The summed E-state index contributed by atoms with van der Waals surface area (Å²) in [4.78, 5) is 25.1. The Labute approximate surface area is 275 Å². The molecule has 3 aromatic heterocycles. The normalized spacial score (nSPS) is 11.4. The van der Waals surface area contributed by atoms with Crippen LogP contribution in [0.2, 0.25) is 0 Å². The Kier molecular flexibility index (Phi) is 6.58. The van der Waals surface area contributed by atoms with Crippen LogP contribution in [-0.4, -0.2) is 24.9 Å². The second-order valence-corrected chi connectivity index (χ2v) is 12.4. The molecule has 0 fully saturated rings. The Balaban J connectivity index is 1.22. The highest BCUT2D eigenvalue weighted by atomic mass is 32.1. The average molecular weight is 620 g/mol. The van der Waals surface area contributed by atoms with Crippen LogP contribution in [-0.2, 0) is 0 Å². The average Bonchev–Trinajstić information content (AvgIpc) is 3.53. The van der Waals surface area contributed by atoms with Crippen LogP contribution in [0.1, 0.15) is 0 Å². The van der Waals surface area contributed by atoms with Gasteiger partial charge in [-0.2, -0.15) is 0 Å². The van der Waals surface area contributed by atoms with Gasteiger partial charge in [0, 0.05) is 53.4 Å². The second-order valence-electron chi connectivity index (χ2n) is 11.3. The van der Waals surface area contributed by atoms with E-state index in [0.29, 0.717) is 23.3 Å². The van der Waals surface area contributed by atoms with E-state index in [2.05, 4.69) is 60.7 Å². The van der Waals surface area contributed by atoms with E-state index >= 15 is 0 Å². The molecule has 0 bridgehead atoms. The van der Waals surface area contributed by atoms with Gasteiger partial charge in [-0.05, 0) is 18.2 Å². The van der Waals surface area contributed by atoms with Crippen molar-refractivity contribution in [3.8, 4) is 56.8 Å². The summed E-state index contributed by atoms with van der Waals surface area (Å²) in [5.74, 6) is 2.66. The highest BCUT2D eigenvalue weighted by Crippen LogP contribution is 2.41. The van der Waals surface area contributed by atoms with Crippen LogP contribution >= 0.6 is 11.3 Å². The van der Waals surface area contributed by atoms with Crippen LogP contribution in [0.5, 0.6) is 0 Å². The molecule has 0 saturated carbocycles. The zero-order chi connectivity index (χ0) is 31.2. The van der Waals surface area contributed by atoms with Gasteiger partial charge in [0.15, 0.2) is 23.3 Å². The molecule has 0 amide bonds. The Morgan fingerprint density at radius 3 is 1.66 bits per heavy atom. The first-order valence-corrected chi connectivity index (χ1v) is 16.3. The first-order chi connectivity index (χ1) is 23.3. The fourth-order valence-electron chi connectivity index (χ4n) is 6.10. The van der Waals surface area contributed by atoms with Gasteiger partial charge in [-0.3, -0.25) is 0 Å². The van der Waals surface area contributed by atoms with Crippen molar-refractivity contribution in [2.45, 2.75) is 0 Å². The first kappa shape index (κ1) is 27.2. The Hall–Kier alpha value is -6.11. The van der Waals surface area contributed by atoms with Crippen molar-refractivity contribution in [2.24, 2.45) is 0 Å². The second kappa shape index (κ2) is 11.4. The predicted octanol–water partition coefficient (Wildman–Crippen LogP) is 10.5. The lowest BCUT2D eigenvalue weighted by Gasteiger charge is -2.10. The molecule has 0 radical (unpaired) electrons. The number of benzene rings is 6. The van der Waals surface area contributed by atoms with Gasteiger partial charge in [-0.15, -0.1) is 11.3 Å². The molecule has 0 aliphatic heterocycles. The molecule has 0 unspecified atom stereocenters. The van der Waals surface area contributed by atoms with Gasteiger partial charge in [-0.1, -0.05) is 133 Å². The number of para-hydroxylation sites is 1. The van der Waals surface area contributed by atoms with E-state index in [1.807, 2.05) is 91.0 Å². The quantitative estimate of drug-likeness (QED) is 0.192. The molecule has 0 aliphatic rings. The van der Waals surface area contributed by atoms with Gasteiger partial charge in [-0.25, -0.2) is 24.9 Å². The van der Waals surface area contributed by atoms with Gasteiger partial charge in [0.05, 0.1) is 11.2 Å². The van der Waals surface area contributed by atoms with Gasteiger partial charge >= 0.3 is 0 Å². The van der Waals surface area contributed by atoms with Gasteiger partial charge in [0.25, 0.3) is 0 Å². The summed E-state index contributed by atoms with van der Waals surface area (Å²) in [5, 5.41) is 3.32. The zero-order valence-corrected chi connectivity index (χ0v) is 25.9. The van der Waals surface area contributed by atoms with E-state index in [4.69, 9.17) is 24.9 Å². The number of rotatable bonds is 5. The standard InChI is InChI=1S/C41H25N5S/c1-4-13-26(14-5-1)37-30-19-10-11-21-33(30)42-40(43-37)29-23-24-31-35(25-29)47-34-22-12-20-32(36(31)34)41-45-38(27-15-6-2-7-16-27)44-39(46-41)28-17-8-3-9-18-28/h1-25H. The summed E-state index contributed by atoms with van der Waals surface area (Å²) >= 11 is 1.76. The Bertz CT molecular complexity index is 2510. The summed E-state index contributed by atoms with van der Waals surface area (Å²) in [5.41, 5.74) is 6.78. The molecule has 220 valence electrons. The molecule has 47 heavy (non-hydrogen) atoms. The number of thiophene rings is 1. The number of nitrogens with zero attached hydrogens (tertiary/aromatic N) is 5. The van der Waals surface area contributed by atoms with Crippen LogP contribution in [0.25, 0.3) is 87.9 Å². The summed E-state index contributed by atoms with van der Waals surface area (Å²) in [6.07, 6.45) is 0. The van der Waals surface area contributed by atoms with Crippen molar-refractivity contribution in [3.63, 3.8) is 0 Å². The largest absolute Gasteiger partial charge is 0.228 e. The summed E-state index contributed by atoms with van der Waals surface area (Å²) in [6.45, 7) is 0. The molecule has 0 saturated heterocycles. The summed E-state index contributed by atoms with van der Waals surface area (Å²) in [6, 6.07) is 51.6. The lowest BCUT2D eigenvalue weighted by molar-refractivity contribution is 1.08. The summed E-state index contributed by atoms with van der Waals surface area (Å²) < 4.78 is 2.32. The lowest BCUT2D eigenvalue weighted by Crippen LogP contribution is -2.00. The van der Waals surface area contributed by atoms with E-state index in [1.54, 1.807) is 11.3 Å². The highest BCUT2D eigenvalue weighted by molar-refractivity contribution is 7.26. The van der Waals surface area contributed by atoms with Crippen LogP contribution in [0, 0.1) is 0 Å². The molecule has 5 nitrogen and oxygen atoms in total. The van der Waals surface area contributed by atoms with E-state index in [0.717, 1.165) is 59.9 Å². The molecule has 9 rings (SSSR count). The highest BCUT2D eigenvalue weighted by Gasteiger charge is 2.18. The smallest absolute Gasteiger partial charge is 0.164 e. The minimum absolute atomic E-state index is 0.649. The third-order valence-corrected chi connectivity index (χ3v) is 9.46. The predicted molar refractivity (Wildman–Crippen MR) is 193 cm³/mol. The maximum absolute atomic E-state index is 5.11. The minimum atomic E-state index is 0.649. The van der Waals surface area contributed by atoms with Crippen LogP contribution in [0.3, 0.4) is 0 Å². The number of hydrogen-bond donors (Lipinski definition) is 0. The molecule has 9 aromatic rings. The van der Waals surface area contributed by atoms with Crippen molar-refractivity contribution >= 4 is 42.4 Å². The fraction of sp³-hybridized carbons (Fsp3) is 0. The van der Waals surface area contributed by atoms with Gasteiger partial charge in [0.2, 0.25) is 0 Å². The molecule has 6 aromatic carbocycles. The topological polar surface area (TPSA) is 64.5 Å². The van der Waals surface area contributed by atoms with Crippen molar-refractivity contribution in [2.75, 3.05) is 0 Å². The Morgan fingerprint density at radius 1 is 0.362 bits per heavy atom. The molecule has 6 heteroatoms. The summed E-state index contributed by atoms with van der Waals surface area (Å²) in [7, 11) is 0. The van der Waals surface area contributed by atoms with E-state index in [-0.39, 0.29) is 0 Å². The van der Waals surface area contributed by atoms with Crippen LogP contribution in [0.15, 0.2) is 152 Å². The van der Waals surface area contributed by atoms with Crippen molar-refractivity contribution in [3.05, 3.63) is 152 Å². The molecular formula is C41H25N5S. The number of hydrogen-bond acceptors (Lipinski definition) is 6. The zero-order valence-electron chi connectivity index (χ0n) is 25.1. The van der Waals surface area contributed by atoms with Gasteiger partial charge in [0.1, 0.15) is 0 Å². The first-order valence-electron chi connectivity index (χ1n) is 15.4. The molecule has 0 spiro atoms. The van der Waals surface area contributed by atoms with Crippen LogP contribution < -0.4 is 0 Å². The molecule has 0 N–H and O–H groups in total.